The summed E-state index contributed by atoms with van der Waals surface area (Å²) in [5.74, 6) is -0.570. The van der Waals surface area contributed by atoms with Crippen LogP contribution in [0.25, 0.3) is 0 Å². The van der Waals surface area contributed by atoms with Gasteiger partial charge in [0.05, 0.1) is 30.5 Å². The van der Waals surface area contributed by atoms with Crippen molar-refractivity contribution in [2.45, 2.75) is 37.8 Å². The SMILES string of the molecule is COCc1cn(C[C@H]2C[C@@H](NC(=O)c3cccnc3)[C@H](O)[C@@H]2O)nn1. The number of pyridine rings is 1. The number of nitrogens with one attached hydrogen (secondary N) is 1. The number of aromatic nitrogens is 4. The second-order valence-electron chi connectivity index (χ2n) is 6.16. The van der Waals surface area contributed by atoms with Crippen LogP contribution in [0.1, 0.15) is 22.5 Å². The Labute approximate surface area is 144 Å². The lowest BCUT2D eigenvalue weighted by molar-refractivity contribution is 0.00761. The smallest absolute Gasteiger partial charge is 0.253 e. The molecule has 9 nitrogen and oxygen atoms in total. The molecule has 2 heterocycles. The number of methoxy groups -OCH3 is 1. The van der Waals surface area contributed by atoms with E-state index >= 15 is 0 Å². The molecular weight excluding hydrogens is 326 g/mol. The Hall–Kier alpha value is -2.36. The Morgan fingerprint density at radius 3 is 3.00 bits per heavy atom. The van der Waals surface area contributed by atoms with Crippen LogP contribution in [0.15, 0.2) is 30.7 Å². The minimum atomic E-state index is -1.03. The van der Waals surface area contributed by atoms with Crippen molar-refractivity contribution in [2.24, 2.45) is 5.92 Å². The molecule has 0 saturated heterocycles. The highest BCUT2D eigenvalue weighted by atomic mass is 16.5. The molecule has 2 aromatic rings. The molecular formula is C16H21N5O4. The van der Waals surface area contributed by atoms with Crippen molar-refractivity contribution >= 4 is 5.91 Å². The minimum absolute atomic E-state index is 0.244. The van der Waals surface area contributed by atoms with Gasteiger partial charge in [0, 0.05) is 32.0 Å². The lowest BCUT2D eigenvalue weighted by atomic mass is 10.1. The molecule has 3 rings (SSSR count). The number of ether oxygens (including phenoxy) is 1. The standard InChI is InChI=1S/C16H21N5O4/c1-25-9-12-8-21(20-19-12)7-11-5-13(15(23)14(11)22)18-16(24)10-3-2-4-17-6-10/h2-4,6,8,11,13-15,22-23H,5,7,9H2,1H3,(H,18,24)/t11-,13-,14-,15+/m1/s1. The van der Waals surface area contributed by atoms with E-state index in [0.29, 0.717) is 30.8 Å². The van der Waals surface area contributed by atoms with Crippen LogP contribution in [0.3, 0.4) is 0 Å². The van der Waals surface area contributed by atoms with Gasteiger partial charge in [-0.15, -0.1) is 5.10 Å². The number of aliphatic hydroxyl groups excluding tert-OH is 2. The van der Waals surface area contributed by atoms with Crippen molar-refractivity contribution in [3.05, 3.63) is 42.0 Å². The Balaban J connectivity index is 1.61. The lowest BCUT2D eigenvalue weighted by Gasteiger charge is -2.18. The van der Waals surface area contributed by atoms with Gasteiger partial charge in [-0.2, -0.15) is 0 Å². The summed E-state index contributed by atoms with van der Waals surface area (Å²) in [6, 6.07) is 2.78. The first-order chi connectivity index (χ1) is 12.1. The molecule has 0 radical (unpaired) electrons. The van der Waals surface area contributed by atoms with Gasteiger partial charge < -0.3 is 20.3 Å². The summed E-state index contributed by atoms with van der Waals surface area (Å²) in [6.07, 6.45) is 3.23. The third-order valence-corrected chi connectivity index (χ3v) is 4.34. The molecule has 0 aromatic carbocycles. The molecule has 9 heteroatoms. The van der Waals surface area contributed by atoms with Crippen LogP contribution in [0.5, 0.6) is 0 Å². The molecule has 0 spiro atoms. The maximum Gasteiger partial charge on any atom is 0.253 e. The van der Waals surface area contributed by atoms with E-state index < -0.39 is 18.2 Å². The summed E-state index contributed by atoms with van der Waals surface area (Å²) in [5.41, 5.74) is 1.10. The average molecular weight is 347 g/mol. The summed E-state index contributed by atoms with van der Waals surface area (Å²) < 4.78 is 6.61. The fraction of sp³-hybridized carbons (Fsp3) is 0.500. The van der Waals surface area contributed by atoms with Crippen LogP contribution in [0.2, 0.25) is 0 Å². The van der Waals surface area contributed by atoms with Crippen LogP contribution >= 0.6 is 0 Å². The number of aliphatic hydroxyl groups is 2. The molecule has 1 fully saturated rings. The molecule has 2 aromatic heterocycles. The van der Waals surface area contributed by atoms with Gasteiger partial charge in [-0.05, 0) is 18.6 Å². The van der Waals surface area contributed by atoms with Crippen molar-refractivity contribution in [3.63, 3.8) is 0 Å². The van der Waals surface area contributed by atoms with Gasteiger partial charge in [0.1, 0.15) is 11.8 Å². The zero-order valence-corrected chi connectivity index (χ0v) is 13.8. The minimum Gasteiger partial charge on any atom is -0.390 e. The number of hydrogen-bond donors (Lipinski definition) is 3. The maximum atomic E-state index is 12.2. The number of nitrogens with zero attached hydrogens (tertiary/aromatic N) is 4. The monoisotopic (exact) mass is 347 g/mol. The second-order valence-corrected chi connectivity index (χ2v) is 6.16. The van der Waals surface area contributed by atoms with Gasteiger partial charge in [-0.3, -0.25) is 14.5 Å². The van der Waals surface area contributed by atoms with Gasteiger partial charge in [-0.25, -0.2) is 0 Å². The van der Waals surface area contributed by atoms with E-state index in [1.54, 1.807) is 36.3 Å². The number of carbonyl (C=O) groups excluding carboxylic acids is 1. The predicted octanol–water partition coefficient (Wildman–Crippen LogP) is -0.640. The summed E-state index contributed by atoms with van der Waals surface area (Å²) >= 11 is 0. The molecule has 1 aliphatic rings. The topological polar surface area (TPSA) is 122 Å². The molecule has 1 saturated carbocycles. The van der Waals surface area contributed by atoms with Crippen LogP contribution in [-0.4, -0.2) is 61.5 Å². The van der Waals surface area contributed by atoms with Gasteiger partial charge in [-0.1, -0.05) is 5.21 Å². The molecule has 0 unspecified atom stereocenters. The van der Waals surface area contributed by atoms with Crippen molar-refractivity contribution in [1.29, 1.82) is 0 Å². The zero-order valence-electron chi connectivity index (χ0n) is 13.8. The van der Waals surface area contributed by atoms with E-state index in [9.17, 15) is 15.0 Å². The summed E-state index contributed by atoms with van der Waals surface area (Å²) in [4.78, 5) is 16.1. The average Bonchev–Trinajstić information content (AvgIpc) is 3.16. The highest BCUT2D eigenvalue weighted by Gasteiger charge is 2.42. The Morgan fingerprint density at radius 2 is 2.28 bits per heavy atom. The van der Waals surface area contributed by atoms with Gasteiger partial charge >= 0.3 is 0 Å². The zero-order chi connectivity index (χ0) is 17.8. The molecule has 1 aliphatic carbocycles. The molecule has 25 heavy (non-hydrogen) atoms. The quantitative estimate of drug-likeness (QED) is 0.635. The van der Waals surface area contributed by atoms with E-state index in [1.165, 1.54) is 6.20 Å². The van der Waals surface area contributed by atoms with E-state index in [0.717, 1.165) is 0 Å². The van der Waals surface area contributed by atoms with Crippen LogP contribution in [0, 0.1) is 5.92 Å². The normalized spacial score (nSPS) is 25.9. The summed E-state index contributed by atoms with van der Waals surface area (Å²) in [7, 11) is 1.58. The van der Waals surface area contributed by atoms with E-state index in [-0.39, 0.29) is 11.8 Å². The first kappa shape index (κ1) is 17.5. The fourth-order valence-corrected chi connectivity index (χ4v) is 3.08. The van der Waals surface area contributed by atoms with Crippen molar-refractivity contribution in [1.82, 2.24) is 25.3 Å². The molecule has 134 valence electrons. The van der Waals surface area contributed by atoms with E-state index in [2.05, 4.69) is 20.6 Å². The highest BCUT2D eigenvalue weighted by Crippen LogP contribution is 2.28. The van der Waals surface area contributed by atoms with Gasteiger partial charge in [0.25, 0.3) is 5.91 Å². The highest BCUT2D eigenvalue weighted by molar-refractivity contribution is 5.94. The maximum absolute atomic E-state index is 12.2. The molecule has 1 amide bonds. The van der Waals surface area contributed by atoms with E-state index in [4.69, 9.17) is 4.74 Å². The van der Waals surface area contributed by atoms with Crippen LogP contribution < -0.4 is 5.32 Å². The van der Waals surface area contributed by atoms with Crippen LogP contribution in [-0.2, 0) is 17.9 Å². The largest absolute Gasteiger partial charge is 0.390 e. The van der Waals surface area contributed by atoms with Crippen LogP contribution in [0.4, 0.5) is 0 Å². The number of hydrogen-bond acceptors (Lipinski definition) is 7. The first-order valence-corrected chi connectivity index (χ1v) is 8.03. The number of amides is 1. The fourth-order valence-electron chi connectivity index (χ4n) is 3.08. The molecule has 4 atom stereocenters. The summed E-state index contributed by atoms with van der Waals surface area (Å²) in [6.45, 7) is 0.758. The first-order valence-electron chi connectivity index (χ1n) is 8.03. The van der Waals surface area contributed by atoms with Gasteiger partial charge in [0.2, 0.25) is 0 Å². The Bertz CT molecular complexity index is 708. The van der Waals surface area contributed by atoms with E-state index in [1.807, 2.05) is 0 Å². The van der Waals surface area contributed by atoms with Crippen molar-refractivity contribution < 1.29 is 19.7 Å². The number of carbonyl (C=O) groups is 1. The lowest BCUT2D eigenvalue weighted by Crippen LogP contribution is -2.43. The van der Waals surface area contributed by atoms with Crippen molar-refractivity contribution in [2.75, 3.05) is 7.11 Å². The Kier molecular flexibility index (Phi) is 5.37. The summed E-state index contributed by atoms with van der Waals surface area (Å²) in [5, 5.41) is 31.2. The molecule has 0 aliphatic heterocycles. The van der Waals surface area contributed by atoms with Gasteiger partial charge in [0.15, 0.2) is 0 Å². The van der Waals surface area contributed by atoms with Crippen molar-refractivity contribution in [3.8, 4) is 0 Å². The third kappa shape index (κ3) is 4.01. The number of rotatable bonds is 6. The molecule has 0 bridgehead atoms. The third-order valence-electron chi connectivity index (χ3n) is 4.34. The Morgan fingerprint density at radius 1 is 1.44 bits per heavy atom. The second kappa shape index (κ2) is 7.68. The predicted molar refractivity (Wildman–Crippen MR) is 86.3 cm³/mol. The molecule has 3 N–H and O–H groups in total.